The van der Waals surface area contributed by atoms with Crippen molar-refractivity contribution in [2.45, 2.75) is 52.2 Å². The highest BCUT2D eigenvalue weighted by Crippen LogP contribution is 2.29. The predicted molar refractivity (Wildman–Crippen MR) is 132 cm³/mol. The molecule has 0 aliphatic carbocycles. The van der Waals surface area contributed by atoms with Gasteiger partial charge in [-0.25, -0.2) is 0 Å². The van der Waals surface area contributed by atoms with Gasteiger partial charge < -0.3 is 25.0 Å². The lowest BCUT2D eigenvalue weighted by Crippen LogP contribution is -2.42. The summed E-state index contributed by atoms with van der Waals surface area (Å²) in [7, 11) is 0. The molecular weight excluding hydrogens is 446 g/mol. The number of aromatic hydroxyl groups is 1. The van der Waals surface area contributed by atoms with Crippen molar-refractivity contribution in [1.82, 2.24) is 9.47 Å². The number of anilines is 2. The second-order valence-corrected chi connectivity index (χ2v) is 9.40. The number of carbonyl (C=O) groups excluding carboxylic acids is 2. The van der Waals surface area contributed by atoms with Crippen LogP contribution in [0.1, 0.15) is 42.5 Å². The molecule has 186 valence electrons. The fourth-order valence-electron chi connectivity index (χ4n) is 4.89. The molecule has 3 heterocycles. The zero-order chi connectivity index (χ0) is 24.9. The number of hydrogen-bond acceptors (Lipinski definition) is 6. The van der Waals surface area contributed by atoms with Crippen LogP contribution in [0.4, 0.5) is 11.5 Å². The average Bonchev–Trinajstić information content (AvgIpc) is 3.44. The number of carbonyl (C=O) groups is 2. The molecule has 1 atom stereocenters. The van der Waals surface area contributed by atoms with Gasteiger partial charge in [0.15, 0.2) is 0 Å². The molecular formula is C26H33N5O4. The number of ether oxygens (including phenoxy) is 1. The molecule has 4 rings (SSSR count). The molecule has 0 unspecified atom stereocenters. The van der Waals surface area contributed by atoms with Crippen LogP contribution in [0.5, 0.6) is 5.75 Å². The smallest absolute Gasteiger partial charge is 0.239 e. The maximum Gasteiger partial charge on any atom is 0.239 e. The number of rotatable bonds is 7. The summed E-state index contributed by atoms with van der Waals surface area (Å²) < 4.78 is 7.78. The third-order valence-corrected chi connectivity index (χ3v) is 7.10. The van der Waals surface area contributed by atoms with E-state index in [0.717, 1.165) is 30.7 Å². The Balaban J connectivity index is 1.33. The van der Waals surface area contributed by atoms with E-state index in [1.54, 1.807) is 18.2 Å². The first-order chi connectivity index (χ1) is 16.9. The molecule has 2 fully saturated rings. The number of hydrogen-bond donors (Lipinski definition) is 3. The first kappa shape index (κ1) is 24.8. The largest absolute Gasteiger partial charge is 0.506 e. The Morgan fingerprint density at radius 2 is 1.91 bits per heavy atom. The number of likely N-dealkylation sites (tertiary alicyclic amines) is 1. The number of benzene rings is 1. The quantitative estimate of drug-likeness (QED) is 0.525. The lowest BCUT2D eigenvalue weighted by Gasteiger charge is -2.30. The summed E-state index contributed by atoms with van der Waals surface area (Å²) in [5, 5.41) is 25.4. The Morgan fingerprint density at radius 3 is 2.57 bits per heavy atom. The van der Waals surface area contributed by atoms with Crippen molar-refractivity contribution in [3.8, 4) is 11.8 Å². The number of phenols is 1. The standard InChI is InChI=1S/C26H33N5O4/c1-17-18(2)31(15-20-6-5-13-35-20)25(21(17)14-27)29-24(33)16-30-11-9-19(10-12-30)26(34)28-22-7-3-4-8-23(22)32/h3-4,7-8,19-20,32H,5-6,9-13,15-16H2,1-2H3,(H,28,34)(H,29,33)/t20-/m1/s1. The molecule has 3 N–H and O–H groups in total. The van der Waals surface area contributed by atoms with Gasteiger partial charge in [-0.3, -0.25) is 14.5 Å². The third-order valence-electron chi connectivity index (χ3n) is 7.10. The molecule has 0 radical (unpaired) electrons. The van der Waals surface area contributed by atoms with Crippen molar-refractivity contribution >= 4 is 23.3 Å². The number of aromatic nitrogens is 1. The van der Waals surface area contributed by atoms with E-state index in [-0.39, 0.29) is 36.1 Å². The van der Waals surface area contributed by atoms with Crippen molar-refractivity contribution in [2.75, 3.05) is 36.9 Å². The van der Waals surface area contributed by atoms with Crippen molar-refractivity contribution in [2.24, 2.45) is 5.92 Å². The average molecular weight is 480 g/mol. The van der Waals surface area contributed by atoms with Gasteiger partial charge in [-0.05, 0) is 70.3 Å². The molecule has 2 aliphatic heterocycles. The van der Waals surface area contributed by atoms with E-state index >= 15 is 0 Å². The zero-order valence-corrected chi connectivity index (χ0v) is 20.3. The van der Waals surface area contributed by atoms with E-state index in [4.69, 9.17) is 4.74 Å². The van der Waals surface area contributed by atoms with Gasteiger partial charge in [-0.2, -0.15) is 5.26 Å². The summed E-state index contributed by atoms with van der Waals surface area (Å²) in [6, 6.07) is 8.92. The summed E-state index contributed by atoms with van der Waals surface area (Å²) in [6.45, 7) is 6.66. The molecule has 0 saturated carbocycles. The number of nitriles is 1. The van der Waals surface area contributed by atoms with Crippen LogP contribution in [0.2, 0.25) is 0 Å². The van der Waals surface area contributed by atoms with E-state index in [1.165, 1.54) is 6.07 Å². The lowest BCUT2D eigenvalue weighted by molar-refractivity contribution is -0.121. The highest BCUT2D eigenvalue weighted by atomic mass is 16.5. The number of nitrogens with zero attached hydrogens (tertiary/aromatic N) is 3. The van der Waals surface area contributed by atoms with E-state index in [2.05, 4.69) is 16.7 Å². The summed E-state index contributed by atoms with van der Waals surface area (Å²) in [6.07, 6.45) is 3.34. The summed E-state index contributed by atoms with van der Waals surface area (Å²) in [5.74, 6) is 0.117. The number of nitrogens with one attached hydrogen (secondary N) is 2. The highest BCUT2D eigenvalue weighted by Gasteiger charge is 2.28. The lowest BCUT2D eigenvalue weighted by atomic mass is 9.95. The molecule has 2 aliphatic rings. The Bertz CT molecular complexity index is 1120. The highest BCUT2D eigenvalue weighted by molar-refractivity contribution is 5.94. The summed E-state index contributed by atoms with van der Waals surface area (Å²) in [5.41, 5.74) is 2.73. The Labute approximate surface area is 205 Å². The van der Waals surface area contributed by atoms with E-state index < -0.39 is 0 Å². The van der Waals surface area contributed by atoms with Gasteiger partial charge in [0.1, 0.15) is 17.6 Å². The van der Waals surface area contributed by atoms with Crippen LogP contribution in [0.3, 0.4) is 0 Å². The Morgan fingerprint density at radius 1 is 1.17 bits per heavy atom. The minimum atomic E-state index is -0.176. The minimum Gasteiger partial charge on any atom is -0.506 e. The number of piperidine rings is 1. The zero-order valence-electron chi connectivity index (χ0n) is 20.3. The molecule has 2 saturated heterocycles. The molecule has 9 heteroatoms. The van der Waals surface area contributed by atoms with Crippen LogP contribution in [0, 0.1) is 31.1 Å². The van der Waals surface area contributed by atoms with Gasteiger partial charge in [-0.15, -0.1) is 0 Å². The molecule has 0 spiro atoms. The van der Waals surface area contributed by atoms with Crippen molar-refractivity contribution in [3.05, 3.63) is 41.1 Å². The van der Waals surface area contributed by atoms with E-state index in [1.807, 2.05) is 23.3 Å². The fraction of sp³-hybridized carbons (Fsp3) is 0.500. The predicted octanol–water partition coefficient (Wildman–Crippen LogP) is 3.15. The topological polar surface area (TPSA) is 120 Å². The second kappa shape index (κ2) is 10.9. The van der Waals surface area contributed by atoms with Crippen LogP contribution in [0.25, 0.3) is 0 Å². The van der Waals surface area contributed by atoms with E-state index in [0.29, 0.717) is 49.5 Å². The normalized spacial score (nSPS) is 18.8. The molecule has 0 bridgehead atoms. The molecule has 2 aromatic rings. The SMILES string of the molecule is Cc1c(C#N)c(NC(=O)CN2CCC(C(=O)Nc3ccccc3O)CC2)n(C[C@H]2CCCO2)c1C. The maximum atomic E-state index is 12.9. The second-order valence-electron chi connectivity index (χ2n) is 9.40. The first-order valence-corrected chi connectivity index (χ1v) is 12.2. The van der Waals surface area contributed by atoms with Gasteiger partial charge in [0.05, 0.1) is 30.4 Å². The van der Waals surface area contributed by atoms with Crippen molar-refractivity contribution in [1.29, 1.82) is 5.26 Å². The number of amides is 2. The first-order valence-electron chi connectivity index (χ1n) is 12.2. The number of para-hydroxylation sites is 2. The van der Waals surface area contributed by atoms with Gasteiger partial charge >= 0.3 is 0 Å². The monoisotopic (exact) mass is 479 g/mol. The maximum absolute atomic E-state index is 12.9. The van der Waals surface area contributed by atoms with Crippen molar-refractivity contribution < 1.29 is 19.4 Å². The van der Waals surface area contributed by atoms with Crippen LogP contribution in [0.15, 0.2) is 24.3 Å². The van der Waals surface area contributed by atoms with Crippen LogP contribution in [-0.2, 0) is 20.9 Å². The molecule has 9 nitrogen and oxygen atoms in total. The van der Waals surface area contributed by atoms with E-state index in [9.17, 15) is 20.0 Å². The Kier molecular flexibility index (Phi) is 7.73. The van der Waals surface area contributed by atoms with Gasteiger partial charge in [0, 0.05) is 18.2 Å². The molecule has 1 aromatic carbocycles. The minimum absolute atomic E-state index is 0.0430. The summed E-state index contributed by atoms with van der Waals surface area (Å²) in [4.78, 5) is 27.6. The van der Waals surface area contributed by atoms with Crippen LogP contribution in [-0.4, -0.2) is 58.7 Å². The van der Waals surface area contributed by atoms with Gasteiger partial charge in [0.25, 0.3) is 0 Å². The third kappa shape index (κ3) is 5.66. The molecule has 1 aromatic heterocycles. The van der Waals surface area contributed by atoms with Crippen molar-refractivity contribution in [3.63, 3.8) is 0 Å². The van der Waals surface area contributed by atoms with Gasteiger partial charge in [-0.1, -0.05) is 12.1 Å². The number of phenolic OH excluding ortho intramolecular Hbond substituents is 1. The molecule has 2 amide bonds. The fourth-order valence-corrected chi connectivity index (χ4v) is 4.89. The summed E-state index contributed by atoms with van der Waals surface area (Å²) >= 11 is 0. The van der Waals surface area contributed by atoms with Crippen LogP contribution < -0.4 is 10.6 Å². The van der Waals surface area contributed by atoms with Crippen LogP contribution >= 0.6 is 0 Å². The molecule has 35 heavy (non-hydrogen) atoms. The van der Waals surface area contributed by atoms with Gasteiger partial charge in [0.2, 0.25) is 11.8 Å². The Hall–Kier alpha value is -3.35.